The number of aliphatic hydroxyl groups is 2. The van der Waals surface area contributed by atoms with E-state index in [1.165, 1.54) is 0 Å². The zero-order valence-corrected chi connectivity index (χ0v) is 4.88. The van der Waals surface area contributed by atoms with Gasteiger partial charge in [0.25, 0.3) is 0 Å². The van der Waals surface area contributed by atoms with Crippen LogP contribution in [0.3, 0.4) is 0 Å². The van der Waals surface area contributed by atoms with Gasteiger partial charge in [0, 0.05) is 12.5 Å². The maximum Gasteiger partial charge on any atom is 0.0590 e. The molecule has 0 aromatic carbocycles. The molecule has 2 nitrogen and oxygen atoms in total. The van der Waals surface area contributed by atoms with E-state index in [-0.39, 0.29) is 18.6 Å². The molecule has 1 aliphatic carbocycles. The van der Waals surface area contributed by atoms with Crippen molar-refractivity contribution in [2.75, 3.05) is 6.61 Å². The lowest BCUT2D eigenvalue weighted by molar-refractivity contribution is 0.0909. The Bertz CT molecular complexity index is 72.9. The van der Waals surface area contributed by atoms with Crippen LogP contribution < -0.4 is 0 Å². The normalized spacial score (nSPS) is 38.2. The lowest BCUT2D eigenvalue weighted by Gasteiger charge is -2.08. The topological polar surface area (TPSA) is 40.5 Å². The predicted octanol–water partition coefficient (Wildman–Crippen LogP) is 0.140. The second-order valence-corrected chi connectivity index (χ2v) is 2.44. The molecule has 0 radical (unpaired) electrons. The SMILES string of the molecule is OC[C@@H]1CCC[C@H]1O. The predicted molar refractivity (Wildman–Crippen MR) is 30.4 cm³/mol. The van der Waals surface area contributed by atoms with Crippen molar-refractivity contribution in [3.63, 3.8) is 0 Å². The van der Waals surface area contributed by atoms with E-state index in [2.05, 4.69) is 0 Å². The molecule has 8 heavy (non-hydrogen) atoms. The molecule has 1 rings (SSSR count). The molecule has 0 amide bonds. The van der Waals surface area contributed by atoms with Crippen molar-refractivity contribution in [3.8, 4) is 0 Å². The van der Waals surface area contributed by atoms with Gasteiger partial charge in [-0.25, -0.2) is 0 Å². The van der Waals surface area contributed by atoms with Crippen molar-refractivity contribution in [2.24, 2.45) is 5.92 Å². The molecule has 0 aromatic rings. The first-order valence-corrected chi connectivity index (χ1v) is 3.13. The minimum atomic E-state index is -0.222. The van der Waals surface area contributed by atoms with Gasteiger partial charge in [0.2, 0.25) is 0 Å². The van der Waals surface area contributed by atoms with Crippen LogP contribution in [0.4, 0.5) is 0 Å². The van der Waals surface area contributed by atoms with Crippen LogP contribution in [0.1, 0.15) is 19.3 Å². The van der Waals surface area contributed by atoms with Crippen LogP contribution in [0.15, 0.2) is 0 Å². The van der Waals surface area contributed by atoms with Crippen LogP contribution in [0.25, 0.3) is 0 Å². The maximum absolute atomic E-state index is 9.03. The molecule has 1 fully saturated rings. The Hall–Kier alpha value is -0.0800. The van der Waals surface area contributed by atoms with Crippen LogP contribution in [-0.4, -0.2) is 22.9 Å². The van der Waals surface area contributed by atoms with E-state index in [1.54, 1.807) is 0 Å². The molecule has 48 valence electrons. The summed E-state index contributed by atoms with van der Waals surface area (Å²) in [5.41, 5.74) is 0. The Morgan fingerprint density at radius 2 is 2.12 bits per heavy atom. The third kappa shape index (κ3) is 1.01. The van der Waals surface area contributed by atoms with Crippen LogP contribution in [0, 0.1) is 5.92 Å². The number of rotatable bonds is 1. The fraction of sp³-hybridized carbons (Fsp3) is 1.00. The van der Waals surface area contributed by atoms with E-state index in [9.17, 15) is 0 Å². The van der Waals surface area contributed by atoms with Crippen LogP contribution >= 0.6 is 0 Å². The fourth-order valence-corrected chi connectivity index (χ4v) is 1.23. The summed E-state index contributed by atoms with van der Waals surface area (Å²) in [6.45, 7) is 0.154. The minimum absolute atomic E-state index is 0.154. The van der Waals surface area contributed by atoms with Gasteiger partial charge < -0.3 is 10.2 Å². The molecule has 0 aliphatic heterocycles. The van der Waals surface area contributed by atoms with Crippen LogP contribution in [0.2, 0.25) is 0 Å². The number of aliphatic hydroxyl groups excluding tert-OH is 2. The molecule has 2 N–H and O–H groups in total. The molecule has 0 saturated heterocycles. The van der Waals surface area contributed by atoms with Gasteiger partial charge in [0.1, 0.15) is 0 Å². The highest BCUT2D eigenvalue weighted by Crippen LogP contribution is 2.24. The third-order valence-electron chi connectivity index (χ3n) is 1.85. The smallest absolute Gasteiger partial charge is 0.0590 e. The summed E-state index contributed by atoms with van der Waals surface area (Å²) in [6.07, 6.45) is 2.73. The van der Waals surface area contributed by atoms with Gasteiger partial charge in [-0.15, -0.1) is 0 Å². The molecule has 0 spiro atoms. The number of hydrogen-bond donors (Lipinski definition) is 2. The lowest BCUT2D eigenvalue weighted by Crippen LogP contribution is -2.16. The Morgan fingerprint density at radius 1 is 1.38 bits per heavy atom. The van der Waals surface area contributed by atoms with E-state index < -0.39 is 0 Å². The summed E-state index contributed by atoms with van der Waals surface area (Å²) >= 11 is 0. The third-order valence-corrected chi connectivity index (χ3v) is 1.85. The van der Waals surface area contributed by atoms with Crippen molar-refractivity contribution in [1.82, 2.24) is 0 Å². The van der Waals surface area contributed by atoms with E-state index in [1.807, 2.05) is 0 Å². The summed E-state index contributed by atoms with van der Waals surface area (Å²) in [4.78, 5) is 0. The zero-order chi connectivity index (χ0) is 5.98. The standard InChI is InChI=1S/C6H12O2/c7-4-5-2-1-3-6(5)8/h5-8H,1-4H2/t5-,6+/m0/s1. The monoisotopic (exact) mass is 116 g/mol. The van der Waals surface area contributed by atoms with Gasteiger partial charge in [-0.3, -0.25) is 0 Å². The Kier molecular flexibility index (Phi) is 1.86. The van der Waals surface area contributed by atoms with Crippen LogP contribution in [-0.2, 0) is 0 Å². The highest BCUT2D eigenvalue weighted by atomic mass is 16.3. The zero-order valence-electron chi connectivity index (χ0n) is 4.88. The molecule has 0 bridgehead atoms. The molecule has 2 atom stereocenters. The van der Waals surface area contributed by atoms with E-state index in [4.69, 9.17) is 10.2 Å². The lowest BCUT2D eigenvalue weighted by atomic mass is 10.1. The fourth-order valence-electron chi connectivity index (χ4n) is 1.23. The molecular weight excluding hydrogens is 104 g/mol. The number of hydrogen-bond acceptors (Lipinski definition) is 2. The van der Waals surface area contributed by atoms with E-state index >= 15 is 0 Å². The minimum Gasteiger partial charge on any atom is -0.396 e. The quantitative estimate of drug-likeness (QED) is 0.511. The maximum atomic E-state index is 9.03. The van der Waals surface area contributed by atoms with Gasteiger partial charge in [0.15, 0.2) is 0 Å². The highest BCUT2D eigenvalue weighted by molar-refractivity contribution is 4.74. The Labute approximate surface area is 49.1 Å². The molecule has 0 heterocycles. The summed E-state index contributed by atoms with van der Waals surface area (Å²) < 4.78 is 0. The molecular formula is C6H12O2. The summed E-state index contributed by atoms with van der Waals surface area (Å²) in [7, 11) is 0. The average molecular weight is 116 g/mol. The highest BCUT2D eigenvalue weighted by Gasteiger charge is 2.23. The molecule has 0 aromatic heterocycles. The Balaban J connectivity index is 2.30. The van der Waals surface area contributed by atoms with Gasteiger partial charge in [-0.05, 0) is 12.8 Å². The van der Waals surface area contributed by atoms with Crippen molar-refractivity contribution < 1.29 is 10.2 Å². The first-order valence-electron chi connectivity index (χ1n) is 3.13. The second-order valence-electron chi connectivity index (χ2n) is 2.44. The largest absolute Gasteiger partial charge is 0.396 e. The van der Waals surface area contributed by atoms with Gasteiger partial charge >= 0.3 is 0 Å². The molecule has 2 heteroatoms. The van der Waals surface area contributed by atoms with Gasteiger partial charge in [-0.2, -0.15) is 0 Å². The Morgan fingerprint density at radius 3 is 2.38 bits per heavy atom. The second kappa shape index (κ2) is 2.46. The van der Waals surface area contributed by atoms with Gasteiger partial charge in [-0.1, -0.05) is 6.42 Å². The summed E-state index contributed by atoms with van der Waals surface area (Å²) in [5, 5.41) is 17.6. The van der Waals surface area contributed by atoms with Gasteiger partial charge in [0.05, 0.1) is 6.10 Å². The average Bonchev–Trinajstić information content (AvgIpc) is 2.14. The van der Waals surface area contributed by atoms with E-state index in [0.717, 1.165) is 19.3 Å². The van der Waals surface area contributed by atoms with Crippen molar-refractivity contribution >= 4 is 0 Å². The molecule has 1 aliphatic rings. The first-order chi connectivity index (χ1) is 3.84. The van der Waals surface area contributed by atoms with Crippen molar-refractivity contribution in [2.45, 2.75) is 25.4 Å². The summed E-state index contributed by atoms with van der Waals surface area (Å²) in [5.74, 6) is 0.176. The van der Waals surface area contributed by atoms with Crippen molar-refractivity contribution in [3.05, 3.63) is 0 Å². The summed E-state index contributed by atoms with van der Waals surface area (Å²) in [6, 6.07) is 0. The van der Waals surface area contributed by atoms with Crippen molar-refractivity contribution in [1.29, 1.82) is 0 Å². The first kappa shape index (κ1) is 6.05. The van der Waals surface area contributed by atoms with Crippen LogP contribution in [0.5, 0.6) is 0 Å². The van der Waals surface area contributed by atoms with E-state index in [0.29, 0.717) is 0 Å². The molecule has 0 unspecified atom stereocenters. The molecule has 1 saturated carbocycles.